The molecule has 4 nitrogen and oxygen atoms in total. The number of fused-ring (bicyclic) bond motifs is 2. The van der Waals surface area contributed by atoms with Crippen molar-refractivity contribution in [2.24, 2.45) is 22.7 Å². The molecule has 0 heterocycles. The Morgan fingerprint density at radius 3 is 2.02 bits per heavy atom. The topological polar surface area (TPSA) is 52.6 Å². The fourth-order valence-electron chi connectivity index (χ4n) is 7.71. The quantitative estimate of drug-likeness (QED) is 0.0743. The van der Waals surface area contributed by atoms with Crippen molar-refractivity contribution in [1.82, 2.24) is 0 Å². The molecule has 0 aliphatic heterocycles. The van der Waals surface area contributed by atoms with Gasteiger partial charge in [-0.25, -0.2) is 9.59 Å². The third kappa shape index (κ3) is 7.54. The first kappa shape index (κ1) is 33.7. The van der Waals surface area contributed by atoms with E-state index in [-0.39, 0.29) is 40.7 Å². The van der Waals surface area contributed by atoms with Crippen molar-refractivity contribution in [2.45, 2.75) is 91.5 Å². The Labute approximate surface area is 266 Å². The van der Waals surface area contributed by atoms with Gasteiger partial charge in [-0.2, -0.15) is 0 Å². The molecule has 2 aliphatic carbocycles. The minimum atomic E-state index is -1.72. The molecule has 4 atom stereocenters. The first-order chi connectivity index (χ1) is 20.9. The minimum Gasteiger partial charge on any atom is -0.463 e. The van der Waals surface area contributed by atoms with Crippen LogP contribution in [0, 0.1) is 22.7 Å². The molecule has 0 radical (unpaired) electrons. The molecular formula is C39H52O4Si. The number of benzene rings is 2. The van der Waals surface area contributed by atoms with Crippen LogP contribution in [0.4, 0.5) is 0 Å². The van der Waals surface area contributed by atoms with Crippen molar-refractivity contribution >= 4 is 20.0 Å². The number of ether oxygens (including phenoxy) is 2. The molecule has 2 aromatic carbocycles. The van der Waals surface area contributed by atoms with Crippen LogP contribution in [0.1, 0.15) is 76.8 Å². The van der Waals surface area contributed by atoms with Gasteiger partial charge in [0.05, 0.1) is 20.3 Å². The van der Waals surface area contributed by atoms with Gasteiger partial charge in [0.15, 0.2) is 0 Å². The largest absolute Gasteiger partial charge is 0.463 e. The molecule has 0 saturated heterocycles. The molecule has 2 fully saturated rings. The molecule has 0 aromatic heterocycles. The van der Waals surface area contributed by atoms with Gasteiger partial charge >= 0.3 is 11.9 Å². The van der Waals surface area contributed by atoms with E-state index in [4.69, 9.17) is 9.47 Å². The molecule has 44 heavy (non-hydrogen) atoms. The fraction of sp³-hybridized carbons (Fsp3) is 0.487. The van der Waals surface area contributed by atoms with Crippen LogP contribution in [-0.2, 0) is 19.1 Å². The zero-order valence-corrected chi connectivity index (χ0v) is 28.8. The van der Waals surface area contributed by atoms with E-state index in [2.05, 4.69) is 113 Å². The number of hydrogen-bond donors (Lipinski definition) is 0. The van der Waals surface area contributed by atoms with Crippen LogP contribution in [0.25, 0.3) is 0 Å². The van der Waals surface area contributed by atoms with Gasteiger partial charge < -0.3 is 9.47 Å². The van der Waals surface area contributed by atoms with Gasteiger partial charge in [0.1, 0.15) is 6.10 Å². The zero-order valence-electron chi connectivity index (χ0n) is 27.8. The van der Waals surface area contributed by atoms with Crippen molar-refractivity contribution < 1.29 is 19.1 Å². The Hall–Kier alpha value is -3.18. The number of carbonyl (C=O) groups excluding carboxylic acids is 2. The highest BCUT2D eigenvalue weighted by Crippen LogP contribution is 2.71. The summed E-state index contributed by atoms with van der Waals surface area (Å²) in [5.41, 5.74) is 5.34. The Morgan fingerprint density at radius 1 is 0.909 bits per heavy atom. The number of allylic oxidation sites excluding steroid dienone is 2. The number of unbranched alkanes of at least 4 members (excludes halogenated alkanes) is 2. The van der Waals surface area contributed by atoms with Crippen molar-refractivity contribution in [3.8, 4) is 0 Å². The van der Waals surface area contributed by atoms with Crippen LogP contribution in [0.2, 0.25) is 19.6 Å². The highest BCUT2D eigenvalue weighted by molar-refractivity contribution is 6.81. The van der Waals surface area contributed by atoms with Crippen LogP contribution in [-0.4, -0.2) is 32.7 Å². The molecule has 0 amide bonds. The SMILES string of the molecule is CCOC(=O)/C=C/CCC/C=C/C(=C\[Si](C)(C)C)C(=O)O[C@@H]1[C@@H](C(c2ccccc2)c2ccccc2)[C@H]2CC[C@]1(C)C2(C)C. The number of rotatable bonds is 13. The Morgan fingerprint density at radius 2 is 1.48 bits per heavy atom. The highest BCUT2D eigenvalue weighted by Gasteiger charge is 2.69. The summed E-state index contributed by atoms with van der Waals surface area (Å²) in [4.78, 5) is 25.7. The lowest BCUT2D eigenvalue weighted by molar-refractivity contribution is -0.155. The van der Waals surface area contributed by atoms with E-state index in [1.165, 1.54) is 17.2 Å². The summed E-state index contributed by atoms with van der Waals surface area (Å²) in [6.07, 6.45) is 11.9. The van der Waals surface area contributed by atoms with Crippen molar-refractivity contribution in [1.29, 1.82) is 0 Å². The fourth-order valence-corrected chi connectivity index (χ4v) is 8.86. The minimum absolute atomic E-state index is 0.0417. The van der Waals surface area contributed by atoms with E-state index in [0.29, 0.717) is 18.1 Å². The normalized spacial score (nSPS) is 24.8. The van der Waals surface area contributed by atoms with Crippen LogP contribution in [0.5, 0.6) is 0 Å². The van der Waals surface area contributed by atoms with Gasteiger partial charge in [-0.05, 0) is 61.5 Å². The van der Waals surface area contributed by atoms with Crippen LogP contribution in [0.3, 0.4) is 0 Å². The van der Waals surface area contributed by atoms with Crippen LogP contribution in [0.15, 0.2) is 96.2 Å². The summed E-state index contributed by atoms with van der Waals surface area (Å²) < 4.78 is 11.7. The van der Waals surface area contributed by atoms with Gasteiger partial charge in [0.2, 0.25) is 0 Å². The predicted molar refractivity (Wildman–Crippen MR) is 183 cm³/mol. The van der Waals surface area contributed by atoms with E-state index >= 15 is 0 Å². The summed E-state index contributed by atoms with van der Waals surface area (Å²) >= 11 is 0. The van der Waals surface area contributed by atoms with Gasteiger partial charge in [-0.15, -0.1) is 0 Å². The maximum absolute atomic E-state index is 14.2. The second kappa shape index (κ2) is 14.3. The third-order valence-electron chi connectivity index (χ3n) is 10.2. The second-order valence-electron chi connectivity index (χ2n) is 14.4. The Bertz CT molecular complexity index is 1310. The molecule has 0 N–H and O–H groups in total. The van der Waals surface area contributed by atoms with Crippen molar-refractivity contribution in [3.05, 3.63) is 107 Å². The van der Waals surface area contributed by atoms with E-state index < -0.39 is 8.07 Å². The molecule has 236 valence electrons. The molecule has 0 unspecified atom stereocenters. The second-order valence-corrected chi connectivity index (χ2v) is 19.5. The first-order valence-corrected chi connectivity index (χ1v) is 20.0. The highest BCUT2D eigenvalue weighted by atomic mass is 28.3. The molecule has 5 heteroatoms. The Balaban J connectivity index is 1.61. The van der Waals surface area contributed by atoms with Crippen molar-refractivity contribution in [3.63, 3.8) is 0 Å². The maximum Gasteiger partial charge on any atom is 0.337 e. The maximum atomic E-state index is 14.2. The smallest absolute Gasteiger partial charge is 0.337 e. The average Bonchev–Trinajstić information content (AvgIpc) is 3.30. The summed E-state index contributed by atoms with van der Waals surface area (Å²) in [6, 6.07) is 21.6. The lowest BCUT2D eigenvalue weighted by Crippen LogP contribution is -2.43. The van der Waals surface area contributed by atoms with Gasteiger partial charge in [0, 0.05) is 23.3 Å². The first-order valence-electron chi connectivity index (χ1n) is 16.4. The lowest BCUT2D eigenvalue weighted by Gasteiger charge is -2.41. The van der Waals surface area contributed by atoms with Gasteiger partial charge in [-0.1, -0.05) is 125 Å². The predicted octanol–water partition coefficient (Wildman–Crippen LogP) is 9.45. The lowest BCUT2D eigenvalue weighted by atomic mass is 9.68. The van der Waals surface area contributed by atoms with Crippen molar-refractivity contribution in [2.75, 3.05) is 6.61 Å². The summed E-state index contributed by atoms with van der Waals surface area (Å²) in [5, 5.41) is 0. The monoisotopic (exact) mass is 612 g/mol. The summed E-state index contributed by atoms with van der Waals surface area (Å²) in [7, 11) is -1.72. The molecule has 2 aliphatic rings. The molecule has 0 spiro atoms. The molecular weight excluding hydrogens is 561 g/mol. The molecule has 4 rings (SSSR count). The summed E-state index contributed by atoms with van der Waals surface area (Å²) in [5.74, 6) is 0.261. The zero-order chi connectivity index (χ0) is 32.0. The average molecular weight is 613 g/mol. The van der Waals surface area contributed by atoms with Gasteiger partial charge in [-0.3, -0.25) is 0 Å². The third-order valence-corrected chi connectivity index (χ3v) is 11.3. The Kier molecular flexibility index (Phi) is 10.9. The van der Waals surface area contributed by atoms with Crippen LogP contribution >= 0.6 is 0 Å². The number of esters is 2. The van der Waals surface area contributed by atoms with Gasteiger partial charge in [0.25, 0.3) is 0 Å². The van der Waals surface area contributed by atoms with E-state index in [9.17, 15) is 9.59 Å². The van der Waals surface area contributed by atoms with Crippen LogP contribution < -0.4 is 0 Å². The van der Waals surface area contributed by atoms with E-state index in [0.717, 1.165) is 32.1 Å². The standard InChI is InChI=1S/C39H52O4Si/c1-8-42-33(40)25-19-11-9-10-14-24-31(28-44(5,6)7)37(41)43-36-35(32-26-27-39(36,4)38(32,2)3)34(29-20-15-12-16-21-29)30-22-17-13-18-23-30/h12-25,28,32,34-36H,8-11,26-27H2,1-7H3/b24-14+,25-19+,31-28+/t32-,35-,36-,39+/m1/s1. The molecule has 2 saturated carbocycles. The number of hydrogen-bond acceptors (Lipinski definition) is 4. The van der Waals surface area contributed by atoms with E-state index in [1.807, 2.05) is 12.2 Å². The molecule has 2 aromatic rings. The number of carbonyl (C=O) groups is 2. The summed E-state index contributed by atoms with van der Waals surface area (Å²) in [6.45, 7) is 16.1. The molecule has 2 bridgehead atoms. The van der Waals surface area contributed by atoms with E-state index in [1.54, 1.807) is 6.92 Å².